The van der Waals surface area contributed by atoms with E-state index in [1.54, 1.807) is 45.9 Å². The van der Waals surface area contributed by atoms with Crippen LogP contribution in [0, 0.1) is 10.8 Å². The number of hydrogen-bond donors (Lipinski definition) is 4. The molecule has 0 aromatic carbocycles. The van der Waals surface area contributed by atoms with Gasteiger partial charge in [-0.3, -0.25) is 9.59 Å². The van der Waals surface area contributed by atoms with E-state index in [1.807, 2.05) is 13.0 Å². The van der Waals surface area contributed by atoms with Crippen molar-refractivity contribution in [2.45, 2.75) is 179 Å². The maximum atomic E-state index is 13.4. The Morgan fingerprint density at radius 1 is 0.875 bits per heavy atom. The molecule has 17 nitrogen and oxygen atoms in total. The molecule has 4 aliphatic heterocycles. The molecule has 0 radical (unpaired) electrons. The lowest BCUT2D eigenvalue weighted by Gasteiger charge is -2.53. The Morgan fingerprint density at radius 3 is 2.20 bits per heavy atom. The highest BCUT2D eigenvalue weighted by molar-refractivity contribution is 5.85. The number of fused-ring (bicyclic) bond motifs is 6. The molecule has 0 amide bonds. The molecule has 0 spiro atoms. The Morgan fingerprint density at radius 2 is 1.56 bits per heavy atom. The van der Waals surface area contributed by atoms with E-state index in [-0.39, 0.29) is 50.5 Å². The summed E-state index contributed by atoms with van der Waals surface area (Å²) >= 11 is 0. The summed E-state index contributed by atoms with van der Waals surface area (Å²) in [7, 11) is 2.40. The third-order valence-electron chi connectivity index (χ3n) is 12.4. The highest BCUT2D eigenvalue weighted by Gasteiger charge is 2.59. The summed E-state index contributed by atoms with van der Waals surface area (Å²) in [6.07, 6.45) is 2.55. The minimum absolute atomic E-state index is 0.0721. The number of methoxy groups -OCH3 is 2. The fourth-order valence-electron chi connectivity index (χ4n) is 8.57. The molecule has 0 aromatic rings. The lowest BCUT2D eigenvalue weighted by Crippen LogP contribution is -2.62. The van der Waals surface area contributed by atoms with Crippen LogP contribution in [0.1, 0.15) is 113 Å². The van der Waals surface area contributed by atoms with Crippen LogP contribution in [-0.4, -0.2) is 131 Å². The van der Waals surface area contributed by atoms with Crippen LogP contribution in [0.5, 0.6) is 0 Å². The summed E-state index contributed by atoms with van der Waals surface area (Å²) in [6.45, 7) is 11.2. The van der Waals surface area contributed by atoms with Crippen LogP contribution in [0.2, 0.25) is 0 Å². The smallest absolute Gasteiger partial charge is 0.331 e. The van der Waals surface area contributed by atoms with E-state index < -0.39 is 114 Å². The molecule has 4 N–H and O–H groups in total. The van der Waals surface area contributed by atoms with Gasteiger partial charge in [-0.1, -0.05) is 77.0 Å². The Hall–Kier alpha value is -4.23. The first-order valence-electron chi connectivity index (χ1n) is 21.9. The zero-order valence-corrected chi connectivity index (χ0v) is 38.5. The van der Waals surface area contributed by atoms with Crippen molar-refractivity contribution in [1.29, 1.82) is 0 Å². The van der Waals surface area contributed by atoms with Gasteiger partial charge in [-0.2, -0.15) is 0 Å². The number of ether oxygens (including phenoxy) is 8. The van der Waals surface area contributed by atoms with E-state index in [0.717, 1.165) is 32.1 Å². The summed E-state index contributed by atoms with van der Waals surface area (Å²) in [5.41, 5.74) is -2.06. The van der Waals surface area contributed by atoms with Crippen molar-refractivity contribution in [3.05, 3.63) is 59.8 Å². The molecule has 0 unspecified atom stereocenters. The Bertz CT molecular complexity index is 1830. The average molecular weight is 905 g/mol. The molecule has 0 aliphatic carbocycles. The number of aliphatic hydroxyl groups excluding tert-OH is 2. The van der Waals surface area contributed by atoms with Crippen molar-refractivity contribution in [2.24, 2.45) is 10.8 Å². The fraction of sp³-hybridized carbons (Fsp3) is 0.681. The number of carbonyl (C=O) groups excluding carboxylic acids is 5. The number of rotatable bonds is 9. The third-order valence-corrected chi connectivity index (χ3v) is 12.4. The van der Waals surface area contributed by atoms with Crippen LogP contribution in [0.25, 0.3) is 0 Å². The number of aliphatic hydroxyl groups is 4. The number of unbranched alkanes of at least 4 members (excludes halogenated alkanes) is 1. The molecular weight excluding hydrogens is 836 g/mol. The predicted molar refractivity (Wildman–Crippen MR) is 228 cm³/mol. The summed E-state index contributed by atoms with van der Waals surface area (Å²) in [5, 5.41) is 47.5. The summed E-state index contributed by atoms with van der Waals surface area (Å²) in [6, 6.07) is 0. The second kappa shape index (κ2) is 22.3. The molecule has 3 fully saturated rings. The Kier molecular flexibility index (Phi) is 18.3. The first-order valence-corrected chi connectivity index (χ1v) is 21.9. The molecule has 17 heteroatoms. The normalized spacial score (nSPS) is 35.8. The van der Waals surface area contributed by atoms with Gasteiger partial charge in [-0.05, 0) is 38.2 Å². The summed E-state index contributed by atoms with van der Waals surface area (Å²) in [4.78, 5) is 64.7. The lowest BCUT2D eigenvalue weighted by atomic mass is 9.70. The molecule has 4 heterocycles. The van der Waals surface area contributed by atoms with Gasteiger partial charge in [0.2, 0.25) is 5.79 Å². The molecule has 0 saturated carbocycles. The van der Waals surface area contributed by atoms with Gasteiger partial charge in [0, 0.05) is 56.3 Å². The molecule has 3 saturated heterocycles. The van der Waals surface area contributed by atoms with E-state index in [4.69, 9.17) is 37.9 Å². The van der Waals surface area contributed by atoms with Crippen molar-refractivity contribution in [1.82, 2.24) is 0 Å². The van der Waals surface area contributed by atoms with Gasteiger partial charge in [0.05, 0.1) is 62.7 Å². The van der Waals surface area contributed by atoms with Gasteiger partial charge in [-0.25, -0.2) is 14.4 Å². The van der Waals surface area contributed by atoms with E-state index >= 15 is 0 Å². The summed E-state index contributed by atoms with van der Waals surface area (Å²) < 4.78 is 46.7. The van der Waals surface area contributed by atoms with Crippen LogP contribution < -0.4 is 0 Å². The van der Waals surface area contributed by atoms with Crippen LogP contribution >= 0.6 is 0 Å². The monoisotopic (exact) mass is 904 g/mol. The lowest BCUT2D eigenvalue weighted by molar-refractivity contribution is -0.348. The quantitative estimate of drug-likeness (QED) is 0.0830. The Balaban J connectivity index is 1.89. The first-order chi connectivity index (χ1) is 29.9. The van der Waals surface area contributed by atoms with Crippen LogP contribution in [0.4, 0.5) is 0 Å². The highest BCUT2D eigenvalue weighted by atomic mass is 16.7. The topological polar surface area (TPSA) is 240 Å². The standard InChI is InChI=1S/C47H68O17/c1-10-11-12-13-14-15-39(51)62-43-31(22-41(53)58-9)21-34-25-37(28(2)48)61-42(54)24-32(50)23-35-26-38(59-29(3)49)45(6,7)46(55,63-35)27-36-19-30(20-40(52)57-8)18-33(60-36)16-17-44(4,5)47(43,56)64-34/h12-17,20,22,28,32-38,43,48,50,55-56H,10-11,18-19,21,23-27H2,1-9H3/b13-12+,15-14+,17-16-,30-20+,31-22+/t28-,32+,33+,34+,35-,36+,37-,38+,43+,46+,47-/m1/s1. The van der Waals surface area contributed by atoms with E-state index in [9.17, 15) is 44.4 Å². The van der Waals surface area contributed by atoms with Gasteiger partial charge in [0.25, 0.3) is 0 Å². The van der Waals surface area contributed by atoms with Crippen LogP contribution in [-0.2, 0) is 61.9 Å². The van der Waals surface area contributed by atoms with Crippen LogP contribution in [0.3, 0.4) is 0 Å². The Labute approximate surface area is 375 Å². The van der Waals surface area contributed by atoms with Crippen LogP contribution in [0.15, 0.2) is 59.8 Å². The maximum absolute atomic E-state index is 13.4. The number of carbonyl (C=O) groups is 5. The third kappa shape index (κ3) is 13.4. The molecule has 11 atom stereocenters. The van der Waals surface area contributed by atoms with E-state index in [1.165, 1.54) is 33.1 Å². The number of esters is 5. The van der Waals surface area contributed by atoms with E-state index in [0.29, 0.717) is 5.57 Å². The number of allylic oxidation sites excluding steroid dienone is 3. The van der Waals surface area contributed by atoms with Crippen molar-refractivity contribution >= 4 is 29.8 Å². The molecule has 6 bridgehead atoms. The molecule has 4 rings (SSSR count). The van der Waals surface area contributed by atoms with Crippen molar-refractivity contribution in [3.8, 4) is 0 Å². The minimum Gasteiger partial charge on any atom is -0.466 e. The van der Waals surface area contributed by atoms with Crippen molar-refractivity contribution in [3.63, 3.8) is 0 Å². The molecular formula is C47H68O17. The second-order valence-electron chi connectivity index (χ2n) is 18.3. The summed E-state index contributed by atoms with van der Waals surface area (Å²) in [5.74, 6) is -8.31. The van der Waals surface area contributed by atoms with Crippen molar-refractivity contribution < 1.29 is 82.3 Å². The SMILES string of the molecule is CCC/C=C/C=C/C(=O)O[C@H]1/C(=C/C(=O)OC)C[C@H]2C[C@H]([C@@H](C)O)OC(=O)C[C@@H](O)C[C@@H]3C[C@H](OC(C)=O)C(C)(C)[C@](O)(C[C@@H]4C/C(=C/C(=O)OC)C[C@H](/C=C\C(C)(C)[C@]1(O)O2)O4)O3. The highest BCUT2D eigenvalue weighted by Crippen LogP contribution is 2.50. The second-order valence-corrected chi connectivity index (χ2v) is 18.3. The molecule has 4 aliphatic rings. The largest absolute Gasteiger partial charge is 0.466 e. The number of hydrogen-bond acceptors (Lipinski definition) is 17. The zero-order chi connectivity index (χ0) is 47.6. The fourth-order valence-corrected chi connectivity index (χ4v) is 8.57. The average Bonchev–Trinajstić information content (AvgIpc) is 3.19. The van der Waals surface area contributed by atoms with Gasteiger partial charge in [0.1, 0.15) is 12.2 Å². The molecule has 64 heavy (non-hydrogen) atoms. The van der Waals surface area contributed by atoms with Gasteiger partial charge in [-0.15, -0.1) is 0 Å². The minimum atomic E-state index is -2.47. The first kappa shape index (κ1) is 52.4. The zero-order valence-electron chi connectivity index (χ0n) is 38.5. The molecule has 358 valence electrons. The van der Waals surface area contributed by atoms with Gasteiger partial charge >= 0.3 is 29.8 Å². The van der Waals surface area contributed by atoms with Gasteiger partial charge in [0.15, 0.2) is 11.9 Å². The number of cyclic esters (lactones) is 1. The molecule has 0 aromatic heterocycles. The van der Waals surface area contributed by atoms with Gasteiger partial charge < -0.3 is 58.3 Å². The predicted octanol–water partition coefficient (Wildman–Crippen LogP) is 4.28. The van der Waals surface area contributed by atoms with Crippen molar-refractivity contribution in [2.75, 3.05) is 14.2 Å². The van der Waals surface area contributed by atoms with E-state index in [2.05, 4.69) is 0 Å². The maximum Gasteiger partial charge on any atom is 0.331 e.